The van der Waals surface area contributed by atoms with E-state index in [9.17, 15) is 4.79 Å². The molecule has 1 aliphatic heterocycles. The highest BCUT2D eigenvalue weighted by Crippen LogP contribution is 2.12. The van der Waals surface area contributed by atoms with Crippen molar-refractivity contribution in [3.05, 3.63) is 23.1 Å². The number of carbonyl (C=O) groups excluding carboxylic acids is 1. The molecule has 0 radical (unpaired) electrons. The van der Waals surface area contributed by atoms with Gasteiger partial charge in [0, 0.05) is 13.1 Å². The van der Waals surface area contributed by atoms with Gasteiger partial charge in [-0.2, -0.15) is 0 Å². The molecule has 1 aromatic heterocycles. The van der Waals surface area contributed by atoms with Crippen LogP contribution in [0.15, 0.2) is 16.5 Å². The van der Waals surface area contributed by atoms with Gasteiger partial charge in [-0.1, -0.05) is 0 Å². The topological polar surface area (TPSA) is 45.5 Å². The van der Waals surface area contributed by atoms with Crippen molar-refractivity contribution in [1.29, 1.82) is 0 Å². The van der Waals surface area contributed by atoms with Crippen LogP contribution in [0.5, 0.6) is 0 Å². The summed E-state index contributed by atoms with van der Waals surface area (Å²) < 4.78 is 5.19. The van der Waals surface area contributed by atoms with E-state index in [2.05, 4.69) is 5.32 Å². The highest BCUT2D eigenvalue weighted by Gasteiger charge is 2.15. The van der Waals surface area contributed by atoms with E-state index < -0.39 is 0 Å². The fraction of sp³-hybridized carbons (Fsp3) is 0.583. The van der Waals surface area contributed by atoms with Crippen LogP contribution >= 0.6 is 11.6 Å². The second-order valence-corrected chi connectivity index (χ2v) is 4.62. The standard InChI is InChI=1S/C12H17ClN2O2/c13-11-5-4-10(17-11)8-14-9-12(16)15-6-2-1-3-7-15/h4-5,14H,1-3,6-9H2. The lowest BCUT2D eigenvalue weighted by molar-refractivity contribution is -0.131. The number of carbonyl (C=O) groups is 1. The molecule has 4 nitrogen and oxygen atoms in total. The first kappa shape index (κ1) is 12.5. The maximum Gasteiger partial charge on any atom is 0.236 e. The molecule has 0 unspecified atom stereocenters. The molecule has 17 heavy (non-hydrogen) atoms. The van der Waals surface area contributed by atoms with E-state index in [4.69, 9.17) is 16.0 Å². The van der Waals surface area contributed by atoms with Gasteiger partial charge < -0.3 is 14.6 Å². The number of nitrogens with zero attached hydrogens (tertiary/aromatic N) is 1. The summed E-state index contributed by atoms with van der Waals surface area (Å²) >= 11 is 5.65. The van der Waals surface area contributed by atoms with E-state index in [1.54, 1.807) is 12.1 Å². The second-order valence-electron chi connectivity index (χ2n) is 4.25. The smallest absolute Gasteiger partial charge is 0.236 e. The quantitative estimate of drug-likeness (QED) is 0.897. The third kappa shape index (κ3) is 3.75. The molecule has 0 saturated carbocycles. The minimum absolute atomic E-state index is 0.169. The molecule has 94 valence electrons. The summed E-state index contributed by atoms with van der Waals surface area (Å²) in [6.45, 7) is 2.69. The summed E-state index contributed by atoms with van der Waals surface area (Å²) in [5, 5.41) is 3.45. The first-order valence-electron chi connectivity index (χ1n) is 5.98. The molecule has 1 saturated heterocycles. The first-order chi connectivity index (χ1) is 8.25. The molecule has 1 amide bonds. The Morgan fingerprint density at radius 1 is 1.35 bits per heavy atom. The van der Waals surface area contributed by atoms with Crippen molar-refractivity contribution >= 4 is 17.5 Å². The van der Waals surface area contributed by atoms with Crippen molar-refractivity contribution in [2.75, 3.05) is 19.6 Å². The van der Waals surface area contributed by atoms with Crippen LogP contribution in [-0.2, 0) is 11.3 Å². The molecular formula is C12H17ClN2O2. The van der Waals surface area contributed by atoms with E-state index in [0.717, 1.165) is 31.7 Å². The lowest BCUT2D eigenvalue weighted by atomic mass is 10.1. The molecule has 0 aliphatic carbocycles. The summed E-state index contributed by atoms with van der Waals surface area (Å²) in [6, 6.07) is 3.51. The summed E-state index contributed by atoms with van der Waals surface area (Å²) in [5.74, 6) is 0.920. The summed E-state index contributed by atoms with van der Waals surface area (Å²) in [5.41, 5.74) is 0. The SMILES string of the molecule is O=C(CNCc1ccc(Cl)o1)N1CCCCC1. The Kier molecular flexibility index (Phi) is 4.45. The van der Waals surface area contributed by atoms with Crippen LogP contribution in [0.4, 0.5) is 0 Å². The highest BCUT2D eigenvalue weighted by molar-refractivity contribution is 6.28. The zero-order valence-electron chi connectivity index (χ0n) is 9.75. The molecular weight excluding hydrogens is 240 g/mol. The van der Waals surface area contributed by atoms with Gasteiger partial charge in [0.1, 0.15) is 5.76 Å². The summed E-state index contributed by atoms with van der Waals surface area (Å²) in [6.07, 6.45) is 3.49. The summed E-state index contributed by atoms with van der Waals surface area (Å²) in [7, 11) is 0. The Bertz CT molecular complexity index is 372. The largest absolute Gasteiger partial charge is 0.448 e. The lowest BCUT2D eigenvalue weighted by Crippen LogP contribution is -2.40. The zero-order valence-corrected chi connectivity index (χ0v) is 10.5. The van der Waals surface area contributed by atoms with Crippen molar-refractivity contribution in [2.24, 2.45) is 0 Å². The first-order valence-corrected chi connectivity index (χ1v) is 6.36. The second kappa shape index (κ2) is 6.07. The van der Waals surface area contributed by atoms with Gasteiger partial charge in [0.05, 0.1) is 13.1 Å². The Hall–Kier alpha value is -1.00. The number of piperidine rings is 1. The van der Waals surface area contributed by atoms with Crippen LogP contribution in [0.3, 0.4) is 0 Å². The number of furan rings is 1. The Balaban J connectivity index is 1.69. The predicted molar refractivity (Wildman–Crippen MR) is 65.9 cm³/mol. The third-order valence-corrected chi connectivity index (χ3v) is 3.12. The normalized spacial score (nSPS) is 16.2. The number of amides is 1. The van der Waals surface area contributed by atoms with Gasteiger partial charge in [-0.05, 0) is 43.0 Å². The van der Waals surface area contributed by atoms with Crippen LogP contribution < -0.4 is 5.32 Å². The van der Waals surface area contributed by atoms with Crippen LogP contribution in [0.25, 0.3) is 0 Å². The summed E-state index contributed by atoms with van der Waals surface area (Å²) in [4.78, 5) is 13.7. The average Bonchev–Trinajstić information content (AvgIpc) is 2.76. The highest BCUT2D eigenvalue weighted by atomic mass is 35.5. The maximum absolute atomic E-state index is 11.8. The Morgan fingerprint density at radius 2 is 2.12 bits per heavy atom. The number of likely N-dealkylation sites (tertiary alicyclic amines) is 1. The molecule has 0 aromatic carbocycles. The molecule has 5 heteroatoms. The van der Waals surface area contributed by atoms with Gasteiger partial charge in [-0.25, -0.2) is 0 Å². The van der Waals surface area contributed by atoms with Crippen molar-refractivity contribution in [1.82, 2.24) is 10.2 Å². The van der Waals surface area contributed by atoms with Crippen LogP contribution in [-0.4, -0.2) is 30.4 Å². The molecule has 0 bridgehead atoms. The monoisotopic (exact) mass is 256 g/mol. The van der Waals surface area contributed by atoms with Crippen LogP contribution in [0.2, 0.25) is 5.22 Å². The number of halogens is 1. The van der Waals surface area contributed by atoms with E-state index in [0.29, 0.717) is 18.3 Å². The Morgan fingerprint density at radius 3 is 2.76 bits per heavy atom. The van der Waals surface area contributed by atoms with Gasteiger partial charge >= 0.3 is 0 Å². The molecule has 1 fully saturated rings. The molecule has 1 aliphatic rings. The van der Waals surface area contributed by atoms with E-state index in [1.807, 2.05) is 4.90 Å². The van der Waals surface area contributed by atoms with E-state index in [-0.39, 0.29) is 5.91 Å². The fourth-order valence-corrected chi connectivity index (χ4v) is 2.16. The van der Waals surface area contributed by atoms with Crippen LogP contribution in [0.1, 0.15) is 25.0 Å². The predicted octanol–water partition coefficient (Wildman–Crippen LogP) is 2.04. The third-order valence-electron chi connectivity index (χ3n) is 2.91. The van der Waals surface area contributed by atoms with Crippen molar-refractivity contribution in [2.45, 2.75) is 25.8 Å². The van der Waals surface area contributed by atoms with Gasteiger partial charge in [-0.3, -0.25) is 4.79 Å². The number of hydrogen-bond acceptors (Lipinski definition) is 3. The number of hydrogen-bond donors (Lipinski definition) is 1. The van der Waals surface area contributed by atoms with Gasteiger partial charge in [0.2, 0.25) is 5.91 Å². The van der Waals surface area contributed by atoms with Crippen molar-refractivity contribution in [3.8, 4) is 0 Å². The van der Waals surface area contributed by atoms with Crippen molar-refractivity contribution in [3.63, 3.8) is 0 Å². The van der Waals surface area contributed by atoms with Crippen LogP contribution in [0, 0.1) is 0 Å². The van der Waals surface area contributed by atoms with E-state index in [1.165, 1.54) is 6.42 Å². The van der Waals surface area contributed by atoms with Gasteiger partial charge in [0.15, 0.2) is 5.22 Å². The van der Waals surface area contributed by atoms with Gasteiger partial charge in [-0.15, -0.1) is 0 Å². The molecule has 0 atom stereocenters. The molecule has 0 spiro atoms. The van der Waals surface area contributed by atoms with Gasteiger partial charge in [0.25, 0.3) is 0 Å². The fourth-order valence-electron chi connectivity index (χ4n) is 1.99. The maximum atomic E-state index is 11.8. The number of nitrogens with one attached hydrogen (secondary N) is 1. The van der Waals surface area contributed by atoms with E-state index >= 15 is 0 Å². The minimum atomic E-state index is 0.169. The molecule has 1 aromatic rings. The zero-order chi connectivity index (χ0) is 12.1. The average molecular weight is 257 g/mol. The molecule has 1 N–H and O–H groups in total. The molecule has 2 rings (SSSR count). The minimum Gasteiger partial charge on any atom is -0.448 e. The Labute approximate surface area is 106 Å². The lowest BCUT2D eigenvalue weighted by Gasteiger charge is -2.26. The number of rotatable bonds is 4. The molecule has 2 heterocycles. The van der Waals surface area contributed by atoms with Crippen molar-refractivity contribution < 1.29 is 9.21 Å².